The molecule has 0 fully saturated rings. The minimum Gasteiger partial charge on any atom is -0.391 e. The van der Waals surface area contributed by atoms with Gasteiger partial charge >= 0.3 is 0 Å². The molecule has 4 nitrogen and oxygen atoms in total. The number of nitrogens with one attached hydrogen (secondary N) is 1. The lowest BCUT2D eigenvalue weighted by Gasteiger charge is -2.16. The summed E-state index contributed by atoms with van der Waals surface area (Å²) in [5.74, 6) is -0.0845. The zero-order valence-corrected chi connectivity index (χ0v) is 17.4. The van der Waals surface area contributed by atoms with E-state index in [0.717, 1.165) is 22.3 Å². The Hall–Kier alpha value is -2.89. The Morgan fingerprint density at radius 1 is 1.03 bits per heavy atom. The Labute approximate surface area is 176 Å². The maximum atomic E-state index is 13.5. The highest BCUT2D eigenvalue weighted by atomic mass is 32.1. The molecule has 29 heavy (non-hydrogen) atoms. The van der Waals surface area contributed by atoms with Gasteiger partial charge in [0, 0.05) is 23.7 Å². The van der Waals surface area contributed by atoms with Crippen LogP contribution in [0.1, 0.15) is 38.7 Å². The lowest BCUT2D eigenvalue weighted by molar-refractivity contribution is -0.692. The summed E-state index contributed by atoms with van der Waals surface area (Å²) >= 11 is 5.66. The van der Waals surface area contributed by atoms with Gasteiger partial charge in [-0.2, -0.15) is 4.57 Å². The summed E-state index contributed by atoms with van der Waals surface area (Å²) in [4.78, 5) is 13.9. The lowest BCUT2D eigenvalue weighted by atomic mass is 9.99. The van der Waals surface area contributed by atoms with Gasteiger partial charge in [-0.15, -0.1) is 0 Å². The molecule has 0 bridgehead atoms. The molecule has 0 amide bonds. The van der Waals surface area contributed by atoms with E-state index in [2.05, 4.69) is 5.32 Å². The third-order valence-electron chi connectivity index (χ3n) is 4.96. The number of aryl methyl sites for hydroxylation is 2. The molecule has 0 saturated heterocycles. The highest BCUT2D eigenvalue weighted by Crippen LogP contribution is 2.16. The summed E-state index contributed by atoms with van der Waals surface area (Å²) < 4.78 is 1.77. The van der Waals surface area contributed by atoms with Gasteiger partial charge in [0.1, 0.15) is 0 Å². The van der Waals surface area contributed by atoms with E-state index in [4.69, 9.17) is 12.2 Å². The molecule has 0 aliphatic heterocycles. The van der Waals surface area contributed by atoms with Crippen LogP contribution in [0.15, 0.2) is 73.1 Å². The Bertz CT molecular complexity index is 1020. The SMILES string of the molecule is Cc1ccc(C(=O)[C@@H](C(=S)NCc2ccccc2)[n+]2cccc(CO)c2)cc1C. The Kier molecular flexibility index (Phi) is 6.86. The molecule has 3 rings (SSSR count). The number of pyridine rings is 1. The van der Waals surface area contributed by atoms with Crippen molar-refractivity contribution < 1.29 is 14.5 Å². The van der Waals surface area contributed by atoms with Gasteiger partial charge in [0.2, 0.25) is 5.78 Å². The minimum absolute atomic E-state index is 0.0845. The topological polar surface area (TPSA) is 53.2 Å². The van der Waals surface area contributed by atoms with Crippen LogP contribution in [0.5, 0.6) is 0 Å². The first kappa shape index (κ1) is 20.8. The van der Waals surface area contributed by atoms with Crippen molar-refractivity contribution in [3.8, 4) is 0 Å². The van der Waals surface area contributed by atoms with Crippen LogP contribution in [0.4, 0.5) is 0 Å². The molecule has 2 aromatic carbocycles. The molecule has 3 aromatic rings. The second-order valence-corrected chi connectivity index (χ2v) is 7.53. The van der Waals surface area contributed by atoms with E-state index in [1.54, 1.807) is 17.0 Å². The predicted octanol–water partition coefficient (Wildman–Crippen LogP) is 3.62. The highest BCUT2D eigenvalue weighted by molar-refractivity contribution is 7.80. The summed E-state index contributed by atoms with van der Waals surface area (Å²) in [5.41, 5.74) is 4.62. The van der Waals surface area contributed by atoms with Gasteiger partial charge in [-0.05, 0) is 42.7 Å². The molecule has 2 N–H and O–H groups in total. The summed E-state index contributed by atoms with van der Waals surface area (Å²) in [5, 5.41) is 12.7. The van der Waals surface area contributed by atoms with E-state index >= 15 is 0 Å². The molecule has 1 atom stereocenters. The number of aliphatic hydroxyl groups is 1. The van der Waals surface area contributed by atoms with Crippen LogP contribution < -0.4 is 9.88 Å². The number of benzene rings is 2. The maximum Gasteiger partial charge on any atom is 0.270 e. The van der Waals surface area contributed by atoms with Gasteiger partial charge in [-0.25, -0.2) is 0 Å². The van der Waals surface area contributed by atoms with Gasteiger partial charge in [-0.1, -0.05) is 54.7 Å². The van der Waals surface area contributed by atoms with Crippen molar-refractivity contribution in [3.05, 3.63) is 101 Å². The van der Waals surface area contributed by atoms with Gasteiger partial charge in [0.15, 0.2) is 17.4 Å². The lowest BCUT2D eigenvalue weighted by Crippen LogP contribution is -2.51. The Balaban J connectivity index is 1.93. The van der Waals surface area contributed by atoms with Crippen molar-refractivity contribution in [2.75, 3.05) is 0 Å². The quantitative estimate of drug-likeness (QED) is 0.358. The number of Topliss-reactive ketones (excluding diaryl/α,β-unsaturated/α-hetero) is 1. The first-order valence-electron chi connectivity index (χ1n) is 9.53. The van der Waals surface area contributed by atoms with Crippen molar-refractivity contribution in [1.29, 1.82) is 0 Å². The van der Waals surface area contributed by atoms with Crippen LogP contribution in [0.25, 0.3) is 0 Å². The van der Waals surface area contributed by atoms with Crippen LogP contribution in [0, 0.1) is 13.8 Å². The van der Waals surface area contributed by atoms with E-state index in [9.17, 15) is 9.90 Å². The number of carbonyl (C=O) groups is 1. The molecule has 0 aliphatic rings. The fraction of sp³-hybridized carbons (Fsp3) is 0.208. The first-order chi connectivity index (χ1) is 14.0. The molecule has 1 aromatic heterocycles. The zero-order chi connectivity index (χ0) is 20.8. The van der Waals surface area contributed by atoms with E-state index < -0.39 is 6.04 Å². The number of rotatable bonds is 7. The Morgan fingerprint density at radius 3 is 2.45 bits per heavy atom. The predicted molar refractivity (Wildman–Crippen MR) is 118 cm³/mol. The van der Waals surface area contributed by atoms with Gasteiger partial charge < -0.3 is 10.4 Å². The third kappa shape index (κ3) is 5.13. The first-order valence-corrected chi connectivity index (χ1v) is 9.94. The van der Waals surface area contributed by atoms with Crippen LogP contribution in [-0.4, -0.2) is 15.9 Å². The normalized spacial score (nSPS) is 11.7. The smallest absolute Gasteiger partial charge is 0.270 e. The number of hydrogen-bond donors (Lipinski definition) is 2. The molecule has 0 spiro atoms. The molecule has 1 heterocycles. The summed E-state index contributed by atoms with van der Waals surface area (Å²) in [6.45, 7) is 4.45. The van der Waals surface area contributed by atoms with Crippen LogP contribution in [0.3, 0.4) is 0 Å². The number of nitrogens with zero attached hydrogens (tertiary/aromatic N) is 1. The molecule has 0 aliphatic carbocycles. The van der Waals surface area contributed by atoms with E-state index in [1.165, 1.54) is 0 Å². The van der Waals surface area contributed by atoms with Crippen molar-refractivity contribution in [3.63, 3.8) is 0 Å². The van der Waals surface area contributed by atoms with Crippen molar-refractivity contribution in [2.45, 2.75) is 33.0 Å². The van der Waals surface area contributed by atoms with E-state index in [-0.39, 0.29) is 12.4 Å². The number of ketones is 1. The molecule has 0 unspecified atom stereocenters. The minimum atomic E-state index is -0.692. The van der Waals surface area contributed by atoms with E-state index in [0.29, 0.717) is 17.1 Å². The second-order valence-electron chi connectivity index (χ2n) is 7.09. The summed E-state index contributed by atoms with van der Waals surface area (Å²) in [6, 6.07) is 18.6. The van der Waals surface area contributed by atoms with Gasteiger partial charge in [0.05, 0.1) is 6.61 Å². The fourth-order valence-electron chi connectivity index (χ4n) is 3.12. The maximum absolute atomic E-state index is 13.5. The summed E-state index contributed by atoms with van der Waals surface area (Å²) in [7, 11) is 0. The number of carbonyl (C=O) groups excluding carboxylic acids is 1. The molecule has 0 saturated carbocycles. The zero-order valence-electron chi connectivity index (χ0n) is 16.6. The van der Waals surface area contributed by atoms with E-state index in [1.807, 2.05) is 74.5 Å². The van der Waals surface area contributed by atoms with Crippen molar-refractivity contribution in [2.24, 2.45) is 0 Å². The Morgan fingerprint density at radius 2 is 1.76 bits per heavy atom. The molecule has 5 heteroatoms. The van der Waals surface area contributed by atoms with Gasteiger partial charge in [-0.3, -0.25) is 4.79 Å². The average Bonchev–Trinajstić information content (AvgIpc) is 2.75. The monoisotopic (exact) mass is 405 g/mol. The number of aliphatic hydroxyl groups excluding tert-OH is 1. The summed E-state index contributed by atoms with van der Waals surface area (Å²) in [6.07, 6.45) is 3.57. The molecular weight excluding hydrogens is 380 g/mol. The second kappa shape index (κ2) is 9.54. The number of thiocarbonyl (C=S) groups is 1. The van der Waals surface area contributed by atoms with Crippen LogP contribution >= 0.6 is 12.2 Å². The molecule has 148 valence electrons. The highest BCUT2D eigenvalue weighted by Gasteiger charge is 2.33. The standard InChI is InChI=1S/C24H24N2O2S/c1-17-10-11-21(13-18(17)2)23(28)22(26-12-6-9-20(15-26)16-27)24(29)25-14-19-7-4-3-5-8-19/h3-13,15,22,27H,14,16H2,1-2H3/p+1/t22-/m0/s1. The number of aromatic nitrogens is 1. The van der Waals surface area contributed by atoms with Crippen molar-refractivity contribution in [1.82, 2.24) is 5.32 Å². The molecule has 0 radical (unpaired) electrons. The molecular formula is C24H25N2O2S+. The average molecular weight is 406 g/mol. The van der Waals surface area contributed by atoms with Crippen LogP contribution in [-0.2, 0) is 13.2 Å². The van der Waals surface area contributed by atoms with Crippen LogP contribution in [0.2, 0.25) is 0 Å². The third-order valence-corrected chi connectivity index (χ3v) is 5.33. The fourth-order valence-corrected chi connectivity index (χ4v) is 3.42. The van der Waals surface area contributed by atoms with Gasteiger partial charge in [0.25, 0.3) is 6.04 Å². The largest absolute Gasteiger partial charge is 0.391 e. The number of hydrogen-bond acceptors (Lipinski definition) is 3. The van der Waals surface area contributed by atoms with Crippen molar-refractivity contribution >= 4 is 23.0 Å².